The average Bonchev–Trinajstić information content (AvgIpc) is 3.21. The molecule has 1 amide bonds. The number of nitrogens with zero attached hydrogens (tertiary/aromatic N) is 2. The molecule has 1 heterocycles. The fourth-order valence-electron chi connectivity index (χ4n) is 4.34. The van der Waals surface area contributed by atoms with Gasteiger partial charge in [-0.15, -0.1) is 0 Å². The van der Waals surface area contributed by atoms with Gasteiger partial charge in [-0.05, 0) is 68.8 Å². The number of ether oxygens (including phenoxy) is 1. The maximum absolute atomic E-state index is 13.1. The first kappa shape index (κ1) is 27.8. The molecule has 0 bridgehead atoms. The lowest BCUT2D eigenvalue weighted by atomic mass is 10.0. The van der Waals surface area contributed by atoms with Crippen LogP contribution in [-0.4, -0.2) is 32.2 Å². The quantitative estimate of drug-likeness (QED) is 0.217. The van der Waals surface area contributed by atoms with Gasteiger partial charge in [0.1, 0.15) is 5.75 Å². The van der Waals surface area contributed by atoms with E-state index in [1.807, 2.05) is 57.2 Å². The summed E-state index contributed by atoms with van der Waals surface area (Å²) in [7, 11) is -2.22. The van der Waals surface area contributed by atoms with Crippen LogP contribution in [0.4, 0.5) is 0 Å². The van der Waals surface area contributed by atoms with Gasteiger partial charge in [0.15, 0.2) is 0 Å². The van der Waals surface area contributed by atoms with Crippen molar-refractivity contribution in [2.75, 3.05) is 7.11 Å². The zero-order valence-electron chi connectivity index (χ0n) is 22.4. The van der Waals surface area contributed by atoms with Crippen LogP contribution in [0.15, 0.2) is 94.9 Å². The van der Waals surface area contributed by atoms with Crippen LogP contribution in [-0.2, 0) is 14.8 Å². The van der Waals surface area contributed by atoms with Gasteiger partial charge < -0.3 is 9.30 Å². The van der Waals surface area contributed by atoms with E-state index in [9.17, 15) is 13.2 Å². The molecule has 9 heteroatoms. The van der Waals surface area contributed by atoms with E-state index in [1.54, 1.807) is 61.9 Å². The minimum absolute atomic E-state index is 0.128. The summed E-state index contributed by atoms with van der Waals surface area (Å²) in [5, 5.41) is 4.15. The number of rotatable bonds is 10. The van der Waals surface area contributed by atoms with Gasteiger partial charge in [0.05, 0.1) is 24.3 Å². The van der Waals surface area contributed by atoms with Gasteiger partial charge >= 0.3 is 0 Å². The molecular formula is C30H32N4O4S. The van der Waals surface area contributed by atoms with E-state index in [-0.39, 0.29) is 11.3 Å². The number of amides is 1. The molecule has 0 radical (unpaired) electrons. The second kappa shape index (κ2) is 12.1. The van der Waals surface area contributed by atoms with Crippen LogP contribution in [0.2, 0.25) is 0 Å². The van der Waals surface area contributed by atoms with E-state index >= 15 is 0 Å². The normalized spacial score (nSPS) is 12.4. The van der Waals surface area contributed by atoms with Crippen molar-refractivity contribution in [3.8, 4) is 11.4 Å². The molecule has 3 aromatic carbocycles. The first-order valence-corrected chi connectivity index (χ1v) is 14.0. The molecule has 0 spiro atoms. The maximum Gasteiger partial charge on any atom is 0.242 e. The summed E-state index contributed by atoms with van der Waals surface area (Å²) in [6, 6.07) is 24.5. The van der Waals surface area contributed by atoms with Gasteiger partial charge in [-0.3, -0.25) is 4.79 Å². The Hall–Kier alpha value is -4.21. The molecule has 1 aromatic heterocycles. The van der Waals surface area contributed by atoms with E-state index in [4.69, 9.17) is 4.74 Å². The number of hydrogen-bond donors (Lipinski definition) is 2. The molecule has 0 fully saturated rings. The average molecular weight is 545 g/mol. The van der Waals surface area contributed by atoms with Crippen molar-refractivity contribution in [1.29, 1.82) is 0 Å². The third kappa shape index (κ3) is 6.81. The number of hydrazone groups is 1. The minimum atomic E-state index is -3.85. The Morgan fingerprint density at radius 2 is 1.64 bits per heavy atom. The number of nitrogens with one attached hydrogen (secondary N) is 2. The lowest BCUT2D eigenvalue weighted by molar-refractivity contribution is -0.121. The van der Waals surface area contributed by atoms with Gasteiger partial charge in [0.2, 0.25) is 15.9 Å². The van der Waals surface area contributed by atoms with Crippen LogP contribution in [0, 0.1) is 20.8 Å². The number of methoxy groups -OCH3 is 1. The fourth-order valence-corrected chi connectivity index (χ4v) is 5.56. The molecule has 0 unspecified atom stereocenters. The maximum atomic E-state index is 13.1. The monoisotopic (exact) mass is 544 g/mol. The topological polar surface area (TPSA) is 102 Å². The molecular weight excluding hydrogens is 512 g/mol. The summed E-state index contributed by atoms with van der Waals surface area (Å²) in [6.45, 7) is 5.86. The van der Waals surface area contributed by atoms with E-state index in [0.717, 1.165) is 34.0 Å². The third-order valence-corrected chi connectivity index (χ3v) is 7.90. The minimum Gasteiger partial charge on any atom is -0.497 e. The summed E-state index contributed by atoms with van der Waals surface area (Å²) < 4.78 is 36.1. The number of carbonyl (C=O) groups excluding carboxylic acids is 1. The first-order chi connectivity index (χ1) is 18.7. The predicted octanol–water partition coefficient (Wildman–Crippen LogP) is 4.97. The highest BCUT2D eigenvalue weighted by molar-refractivity contribution is 7.89. The van der Waals surface area contributed by atoms with Crippen molar-refractivity contribution in [2.45, 2.75) is 38.1 Å². The predicted molar refractivity (Wildman–Crippen MR) is 153 cm³/mol. The molecule has 0 saturated heterocycles. The molecule has 0 saturated carbocycles. The number of aromatic nitrogens is 1. The highest BCUT2D eigenvalue weighted by Crippen LogP contribution is 2.23. The number of aryl methyl sites for hydroxylation is 2. The molecule has 1 atom stereocenters. The summed E-state index contributed by atoms with van der Waals surface area (Å²) >= 11 is 0. The van der Waals surface area contributed by atoms with Crippen molar-refractivity contribution in [2.24, 2.45) is 5.10 Å². The Balaban J connectivity index is 1.47. The van der Waals surface area contributed by atoms with Crippen LogP contribution >= 0.6 is 0 Å². The standard InChI is InChI=1S/C30H32N4O4S/c1-21-10-16-28(17-11-21)39(36,37)33-29(24-8-6-5-7-9-24)19-30(35)32-31-20-25-18-22(2)34(23(25)3)26-12-14-27(38-4)15-13-26/h5-18,20,29,33H,19H2,1-4H3,(H,32,35)/b31-20-/t29-/m1/s1. The Morgan fingerprint density at radius 3 is 2.28 bits per heavy atom. The SMILES string of the molecule is COc1ccc(-n2c(C)cc(/C=N\NC(=O)C[C@@H](NS(=O)(=O)c3ccc(C)cc3)c3ccccc3)c2C)cc1. The van der Waals surface area contributed by atoms with Crippen LogP contribution in [0.1, 0.15) is 40.5 Å². The summed E-state index contributed by atoms with van der Waals surface area (Å²) in [5.41, 5.74) is 7.99. The summed E-state index contributed by atoms with van der Waals surface area (Å²) in [5.74, 6) is 0.358. The highest BCUT2D eigenvalue weighted by Gasteiger charge is 2.23. The molecule has 4 aromatic rings. The molecule has 0 aliphatic rings. The summed E-state index contributed by atoms with van der Waals surface area (Å²) in [4.78, 5) is 13.0. The van der Waals surface area contributed by atoms with Gasteiger partial charge in [-0.1, -0.05) is 48.0 Å². The van der Waals surface area contributed by atoms with Gasteiger partial charge in [0, 0.05) is 29.1 Å². The van der Waals surface area contributed by atoms with Crippen LogP contribution < -0.4 is 14.9 Å². The van der Waals surface area contributed by atoms with E-state index in [0.29, 0.717) is 5.56 Å². The molecule has 39 heavy (non-hydrogen) atoms. The zero-order valence-corrected chi connectivity index (χ0v) is 23.2. The molecule has 0 aliphatic heterocycles. The van der Waals surface area contributed by atoms with Crippen molar-refractivity contribution in [1.82, 2.24) is 14.7 Å². The van der Waals surface area contributed by atoms with Gasteiger partial charge in [-0.2, -0.15) is 5.10 Å². The third-order valence-electron chi connectivity index (χ3n) is 6.41. The van der Waals surface area contributed by atoms with E-state index in [1.165, 1.54) is 0 Å². The molecule has 4 rings (SSSR count). The van der Waals surface area contributed by atoms with Crippen molar-refractivity contribution < 1.29 is 17.9 Å². The molecule has 0 aliphatic carbocycles. The van der Waals surface area contributed by atoms with E-state index in [2.05, 4.69) is 19.8 Å². The largest absolute Gasteiger partial charge is 0.497 e. The van der Waals surface area contributed by atoms with Crippen LogP contribution in [0.5, 0.6) is 5.75 Å². The summed E-state index contributed by atoms with van der Waals surface area (Å²) in [6.07, 6.45) is 1.46. The Morgan fingerprint density at radius 1 is 0.974 bits per heavy atom. The van der Waals surface area contributed by atoms with E-state index < -0.39 is 22.0 Å². The van der Waals surface area contributed by atoms with Crippen molar-refractivity contribution >= 4 is 22.1 Å². The van der Waals surface area contributed by atoms with Gasteiger partial charge in [-0.25, -0.2) is 18.6 Å². The highest BCUT2D eigenvalue weighted by atomic mass is 32.2. The lowest BCUT2D eigenvalue weighted by Gasteiger charge is -2.18. The van der Waals surface area contributed by atoms with Crippen LogP contribution in [0.25, 0.3) is 5.69 Å². The molecule has 2 N–H and O–H groups in total. The number of sulfonamides is 1. The second-order valence-electron chi connectivity index (χ2n) is 9.25. The van der Waals surface area contributed by atoms with Crippen molar-refractivity contribution in [3.05, 3.63) is 113 Å². The zero-order chi connectivity index (χ0) is 28.0. The number of carbonyl (C=O) groups is 1. The fraction of sp³-hybridized carbons (Fsp3) is 0.200. The smallest absolute Gasteiger partial charge is 0.242 e. The number of benzene rings is 3. The molecule has 202 valence electrons. The van der Waals surface area contributed by atoms with Crippen LogP contribution in [0.3, 0.4) is 0 Å². The Bertz CT molecular complexity index is 1560. The Labute approximate surface area is 229 Å². The lowest BCUT2D eigenvalue weighted by Crippen LogP contribution is -2.32. The van der Waals surface area contributed by atoms with Gasteiger partial charge in [0.25, 0.3) is 0 Å². The molecule has 8 nitrogen and oxygen atoms in total. The first-order valence-electron chi connectivity index (χ1n) is 12.5. The van der Waals surface area contributed by atoms with Crippen molar-refractivity contribution in [3.63, 3.8) is 0 Å². The number of hydrogen-bond acceptors (Lipinski definition) is 5. The Kier molecular flexibility index (Phi) is 8.63. The second-order valence-corrected chi connectivity index (χ2v) is 11.0.